The lowest BCUT2D eigenvalue weighted by atomic mass is 10.1. The number of benzene rings is 1. The molecule has 33 heavy (non-hydrogen) atoms. The van der Waals surface area contributed by atoms with E-state index in [2.05, 4.69) is 70.8 Å². The molecule has 0 bridgehead atoms. The molecule has 0 atom stereocenters. The fourth-order valence-electron chi connectivity index (χ4n) is 4.46. The number of anilines is 2. The predicted molar refractivity (Wildman–Crippen MR) is 138 cm³/mol. The Morgan fingerprint density at radius 3 is 2.61 bits per heavy atom. The molecule has 0 saturated heterocycles. The van der Waals surface area contributed by atoms with E-state index in [-0.39, 0.29) is 0 Å². The molecule has 3 heterocycles. The van der Waals surface area contributed by atoms with Gasteiger partial charge in [-0.15, -0.1) is 11.3 Å². The maximum atomic E-state index is 4.87. The van der Waals surface area contributed by atoms with Crippen molar-refractivity contribution in [1.29, 1.82) is 0 Å². The zero-order chi connectivity index (χ0) is 22.6. The second-order valence-electron chi connectivity index (χ2n) is 9.30. The van der Waals surface area contributed by atoms with Crippen molar-refractivity contribution >= 4 is 34.3 Å². The van der Waals surface area contributed by atoms with E-state index in [0.717, 1.165) is 29.9 Å². The number of nitrogens with zero attached hydrogens (tertiary/aromatic N) is 4. The van der Waals surface area contributed by atoms with E-state index in [1.54, 1.807) is 11.3 Å². The van der Waals surface area contributed by atoms with Crippen LogP contribution in [0.3, 0.4) is 0 Å². The standard InChI is InChI=1S/C26H32N6S/c1-18(2)13-14-27-26-30-24(23-25(31-26)32(17-29-23)21-6-3-4-7-21)28-16-19-9-11-20(12-10-19)22-8-5-15-33-22/h5,8-12,15,17-18,21H,3-4,6-7,13-14,16H2,1-2H3,(H2,27,28,30,31). The highest BCUT2D eigenvalue weighted by Crippen LogP contribution is 2.33. The van der Waals surface area contributed by atoms with Crippen LogP contribution >= 0.6 is 11.3 Å². The third-order valence-electron chi connectivity index (χ3n) is 6.36. The van der Waals surface area contributed by atoms with Gasteiger partial charge < -0.3 is 15.2 Å². The van der Waals surface area contributed by atoms with Crippen molar-refractivity contribution in [2.45, 2.75) is 58.5 Å². The Labute approximate surface area is 199 Å². The van der Waals surface area contributed by atoms with Crippen LogP contribution in [-0.2, 0) is 6.54 Å². The third-order valence-corrected chi connectivity index (χ3v) is 7.28. The summed E-state index contributed by atoms with van der Waals surface area (Å²) in [6, 6.07) is 13.5. The summed E-state index contributed by atoms with van der Waals surface area (Å²) >= 11 is 1.77. The first-order chi connectivity index (χ1) is 16.2. The number of thiophene rings is 1. The van der Waals surface area contributed by atoms with Crippen LogP contribution in [0.4, 0.5) is 11.8 Å². The summed E-state index contributed by atoms with van der Waals surface area (Å²) in [4.78, 5) is 15.7. The molecule has 0 spiro atoms. The van der Waals surface area contributed by atoms with E-state index in [9.17, 15) is 0 Å². The van der Waals surface area contributed by atoms with Crippen LogP contribution in [0.25, 0.3) is 21.6 Å². The van der Waals surface area contributed by atoms with Crippen LogP contribution in [0.15, 0.2) is 48.1 Å². The molecule has 1 aliphatic carbocycles. The minimum absolute atomic E-state index is 0.492. The first kappa shape index (κ1) is 21.9. The minimum atomic E-state index is 0.492. The zero-order valence-corrected chi connectivity index (χ0v) is 20.2. The minimum Gasteiger partial charge on any atom is -0.364 e. The molecule has 1 aliphatic rings. The molecule has 4 aromatic rings. The molecule has 172 valence electrons. The summed E-state index contributed by atoms with van der Waals surface area (Å²) in [5, 5.41) is 9.09. The summed E-state index contributed by atoms with van der Waals surface area (Å²) in [5.41, 5.74) is 4.25. The Morgan fingerprint density at radius 1 is 1.06 bits per heavy atom. The maximum absolute atomic E-state index is 4.87. The lowest BCUT2D eigenvalue weighted by Gasteiger charge is -2.14. The van der Waals surface area contributed by atoms with Gasteiger partial charge in [-0.3, -0.25) is 0 Å². The Kier molecular flexibility index (Phi) is 6.58. The lowest BCUT2D eigenvalue weighted by Crippen LogP contribution is -2.12. The summed E-state index contributed by atoms with van der Waals surface area (Å²) in [6.45, 7) is 6.03. The van der Waals surface area contributed by atoms with Gasteiger partial charge in [0.25, 0.3) is 0 Å². The average Bonchev–Trinajstić information content (AvgIpc) is 3.59. The highest BCUT2D eigenvalue weighted by Gasteiger charge is 2.21. The second-order valence-corrected chi connectivity index (χ2v) is 10.2. The first-order valence-corrected chi connectivity index (χ1v) is 12.9. The predicted octanol–water partition coefficient (Wildman–Crippen LogP) is 6.74. The number of rotatable bonds is 9. The van der Waals surface area contributed by atoms with Gasteiger partial charge in [-0.2, -0.15) is 9.97 Å². The third kappa shape index (κ3) is 5.03. The molecule has 7 heteroatoms. The normalized spacial score (nSPS) is 14.4. The van der Waals surface area contributed by atoms with Crippen LogP contribution in [0.2, 0.25) is 0 Å². The second kappa shape index (κ2) is 9.91. The molecule has 0 amide bonds. The molecule has 6 nitrogen and oxygen atoms in total. The summed E-state index contributed by atoms with van der Waals surface area (Å²) in [7, 11) is 0. The fraction of sp³-hybridized carbons (Fsp3) is 0.423. The number of fused-ring (bicyclic) bond motifs is 1. The summed E-state index contributed by atoms with van der Waals surface area (Å²) in [5.74, 6) is 2.12. The smallest absolute Gasteiger partial charge is 0.226 e. The number of hydrogen-bond acceptors (Lipinski definition) is 6. The highest BCUT2D eigenvalue weighted by molar-refractivity contribution is 7.13. The Bertz CT molecular complexity index is 1170. The maximum Gasteiger partial charge on any atom is 0.226 e. The average molecular weight is 461 g/mol. The van der Waals surface area contributed by atoms with Gasteiger partial charge in [0.1, 0.15) is 0 Å². The molecule has 2 N–H and O–H groups in total. The zero-order valence-electron chi connectivity index (χ0n) is 19.4. The molecule has 3 aromatic heterocycles. The number of aromatic nitrogens is 4. The van der Waals surface area contributed by atoms with E-state index in [4.69, 9.17) is 15.0 Å². The van der Waals surface area contributed by atoms with E-state index < -0.39 is 0 Å². The Hall–Kier alpha value is -2.93. The van der Waals surface area contributed by atoms with Crippen LogP contribution in [0, 0.1) is 5.92 Å². The topological polar surface area (TPSA) is 67.7 Å². The molecule has 0 unspecified atom stereocenters. The van der Waals surface area contributed by atoms with E-state index in [0.29, 0.717) is 24.5 Å². The SMILES string of the molecule is CC(C)CCNc1nc(NCc2ccc(-c3cccs3)cc2)c2ncn(C3CCCC3)c2n1. The van der Waals surface area contributed by atoms with Crippen LogP contribution in [0.1, 0.15) is 57.6 Å². The largest absolute Gasteiger partial charge is 0.364 e. The number of hydrogen-bond donors (Lipinski definition) is 2. The number of nitrogens with one attached hydrogen (secondary N) is 2. The van der Waals surface area contributed by atoms with Gasteiger partial charge in [0.05, 0.1) is 6.33 Å². The first-order valence-electron chi connectivity index (χ1n) is 12.0. The fourth-order valence-corrected chi connectivity index (χ4v) is 5.19. The Balaban J connectivity index is 1.38. The monoisotopic (exact) mass is 460 g/mol. The van der Waals surface area contributed by atoms with E-state index in [1.807, 2.05) is 6.33 Å². The highest BCUT2D eigenvalue weighted by atomic mass is 32.1. The molecule has 1 saturated carbocycles. The quantitative estimate of drug-likeness (QED) is 0.289. The lowest BCUT2D eigenvalue weighted by molar-refractivity contribution is 0.529. The van der Waals surface area contributed by atoms with Gasteiger partial charge in [-0.05, 0) is 47.8 Å². The van der Waals surface area contributed by atoms with Crippen molar-refractivity contribution < 1.29 is 0 Å². The van der Waals surface area contributed by atoms with Crippen LogP contribution in [0.5, 0.6) is 0 Å². The van der Waals surface area contributed by atoms with Crippen molar-refractivity contribution in [3.63, 3.8) is 0 Å². The van der Waals surface area contributed by atoms with Gasteiger partial charge in [0.2, 0.25) is 5.95 Å². The number of imidazole rings is 1. The molecular formula is C26H32N6S. The van der Waals surface area contributed by atoms with E-state index in [1.165, 1.54) is 41.7 Å². The molecule has 0 aliphatic heterocycles. The van der Waals surface area contributed by atoms with Crippen LogP contribution < -0.4 is 10.6 Å². The summed E-state index contributed by atoms with van der Waals surface area (Å²) < 4.78 is 2.26. The van der Waals surface area contributed by atoms with Crippen molar-refractivity contribution in [3.05, 3.63) is 53.7 Å². The molecule has 1 fully saturated rings. The van der Waals surface area contributed by atoms with Gasteiger partial charge >= 0.3 is 0 Å². The van der Waals surface area contributed by atoms with E-state index >= 15 is 0 Å². The van der Waals surface area contributed by atoms with Gasteiger partial charge in [-0.1, -0.05) is 57.0 Å². The molecule has 5 rings (SSSR count). The molecular weight excluding hydrogens is 428 g/mol. The van der Waals surface area contributed by atoms with Gasteiger partial charge in [0, 0.05) is 24.0 Å². The van der Waals surface area contributed by atoms with Crippen molar-refractivity contribution in [1.82, 2.24) is 19.5 Å². The molecule has 0 radical (unpaired) electrons. The summed E-state index contributed by atoms with van der Waals surface area (Å²) in [6.07, 6.45) is 8.00. The van der Waals surface area contributed by atoms with Crippen molar-refractivity contribution in [2.24, 2.45) is 5.92 Å². The molecule has 1 aromatic carbocycles. The van der Waals surface area contributed by atoms with Crippen LogP contribution in [-0.4, -0.2) is 26.1 Å². The van der Waals surface area contributed by atoms with Crippen molar-refractivity contribution in [3.8, 4) is 10.4 Å². The van der Waals surface area contributed by atoms with Gasteiger partial charge in [-0.25, -0.2) is 4.98 Å². The van der Waals surface area contributed by atoms with Gasteiger partial charge in [0.15, 0.2) is 17.0 Å². The Morgan fingerprint density at radius 2 is 1.88 bits per heavy atom. The van der Waals surface area contributed by atoms with Crippen molar-refractivity contribution in [2.75, 3.05) is 17.2 Å².